The van der Waals surface area contributed by atoms with Crippen molar-refractivity contribution in [3.8, 4) is 0 Å². The van der Waals surface area contributed by atoms with Crippen LogP contribution in [0.2, 0.25) is 0 Å². The van der Waals surface area contributed by atoms with Crippen LogP contribution >= 0.6 is 0 Å². The summed E-state index contributed by atoms with van der Waals surface area (Å²) in [5.41, 5.74) is 2.16. The zero-order chi connectivity index (χ0) is 19.1. The topological polar surface area (TPSA) is 80.1 Å². The Labute approximate surface area is 162 Å². The van der Waals surface area contributed by atoms with E-state index in [0.29, 0.717) is 24.4 Å². The van der Waals surface area contributed by atoms with Gasteiger partial charge in [0.2, 0.25) is 5.91 Å². The van der Waals surface area contributed by atoms with Gasteiger partial charge in [-0.05, 0) is 43.5 Å². The molecular weight excluding hydrogens is 354 g/mol. The van der Waals surface area contributed by atoms with Gasteiger partial charge in [-0.15, -0.1) is 0 Å². The minimum Gasteiger partial charge on any atom is -0.354 e. The number of nitrogens with zero attached hydrogens (tertiary/aromatic N) is 4. The summed E-state index contributed by atoms with van der Waals surface area (Å²) >= 11 is 0. The second kappa shape index (κ2) is 6.74. The van der Waals surface area contributed by atoms with Crippen molar-refractivity contribution < 1.29 is 9.59 Å². The summed E-state index contributed by atoms with van der Waals surface area (Å²) in [5, 5.41) is 3.01. The molecular formula is C21H21N5O2. The fourth-order valence-electron chi connectivity index (χ4n) is 4.12. The van der Waals surface area contributed by atoms with E-state index in [-0.39, 0.29) is 11.7 Å². The van der Waals surface area contributed by atoms with Crippen LogP contribution in [0, 0.1) is 0 Å². The molecule has 0 spiro atoms. The van der Waals surface area contributed by atoms with Crippen molar-refractivity contribution in [1.82, 2.24) is 14.5 Å². The van der Waals surface area contributed by atoms with E-state index in [1.54, 1.807) is 16.8 Å². The lowest BCUT2D eigenvalue weighted by atomic mass is 10.0. The van der Waals surface area contributed by atoms with Crippen LogP contribution in [0.25, 0.3) is 11.0 Å². The molecule has 0 bridgehead atoms. The molecule has 5 rings (SSSR count). The summed E-state index contributed by atoms with van der Waals surface area (Å²) < 4.78 is 1.77. The number of hydrogen-bond donors (Lipinski definition) is 1. The maximum atomic E-state index is 13.1. The first-order valence-corrected chi connectivity index (χ1v) is 9.73. The molecule has 0 aliphatic carbocycles. The van der Waals surface area contributed by atoms with Crippen molar-refractivity contribution in [2.24, 2.45) is 0 Å². The summed E-state index contributed by atoms with van der Waals surface area (Å²) in [7, 11) is 0. The van der Waals surface area contributed by atoms with Gasteiger partial charge in [-0.25, -0.2) is 9.97 Å². The van der Waals surface area contributed by atoms with E-state index in [1.165, 1.54) is 0 Å². The van der Waals surface area contributed by atoms with E-state index in [9.17, 15) is 9.59 Å². The molecule has 1 aromatic carbocycles. The number of carbonyl (C=O) groups excluding carboxylic acids is 2. The maximum Gasteiger partial charge on any atom is 0.248 e. The van der Waals surface area contributed by atoms with Gasteiger partial charge in [-0.1, -0.05) is 12.1 Å². The number of ketones is 1. The number of carbonyl (C=O) groups is 2. The zero-order valence-corrected chi connectivity index (χ0v) is 15.5. The summed E-state index contributed by atoms with van der Waals surface area (Å²) in [6.45, 7) is 1.82. The predicted molar refractivity (Wildman–Crippen MR) is 107 cm³/mol. The molecule has 28 heavy (non-hydrogen) atoms. The van der Waals surface area contributed by atoms with Crippen LogP contribution in [0.4, 0.5) is 11.6 Å². The minimum absolute atomic E-state index is 0.0808. The summed E-state index contributed by atoms with van der Waals surface area (Å²) in [4.78, 5) is 36.8. The van der Waals surface area contributed by atoms with Crippen LogP contribution in [0.5, 0.6) is 0 Å². The summed E-state index contributed by atoms with van der Waals surface area (Å²) in [6, 6.07) is 10.9. The van der Waals surface area contributed by atoms with Gasteiger partial charge in [-0.2, -0.15) is 0 Å². The number of anilines is 2. The van der Waals surface area contributed by atoms with Gasteiger partial charge >= 0.3 is 0 Å². The van der Waals surface area contributed by atoms with Gasteiger partial charge in [0, 0.05) is 25.7 Å². The minimum atomic E-state index is -0.414. The third-order valence-corrected chi connectivity index (χ3v) is 5.55. The van der Waals surface area contributed by atoms with Crippen molar-refractivity contribution in [3.05, 3.63) is 48.3 Å². The normalized spacial score (nSPS) is 19.1. The van der Waals surface area contributed by atoms with Crippen molar-refractivity contribution in [3.63, 3.8) is 0 Å². The van der Waals surface area contributed by atoms with Crippen LogP contribution in [-0.2, 0) is 4.79 Å². The standard InChI is InChI=1S/C21H21N5O2/c27-18-10-9-17(26-13-5-8-16(18)26)21(28)24-19-20(25-11-3-4-12-25)23-15-7-2-1-6-14(15)22-19/h1-2,5-8,13,17H,3-4,9-12H2,(H,22,24,28). The molecule has 7 nitrogen and oxygen atoms in total. The Kier molecular flexibility index (Phi) is 4.07. The van der Waals surface area contributed by atoms with E-state index in [0.717, 1.165) is 42.8 Å². The first-order chi connectivity index (χ1) is 13.7. The summed E-state index contributed by atoms with van der Waals surface area (Å²) in [5.74, 6) is 1.15. The molecule has 3 aromatic rings. The van der Waals surface area contributed by atoms with Gasteiger partial charge in [-0.3, -0.25) is 9.59 Å². The van der Waals surface area contributed by atoms with Crippen LogP contribution in [0.15, 0.2) is 42.6 Å². The summed E-state index contributed by atoms with van der Waals surface area (Å²) in [6.07, 6.45) is 4.89. The number of benzene rings is 1. The molecule has 1 amide bonds. The number of fused-ring (bicyclic) bond motifs is 2. The average Bonchev–Trinajstić information content (AvgIpc) is 3.40. The molecule has 1 unspecified atom stereocenters. The molecule has 2 aromatic heterocycles. The highest BCUT2D eigenvalue weighted by molar-refractivity contribution is 6.01. The number of aromatic nitrogens is 3. The molecule has 7 heteroatoms. The second-order valence-electron chi connectivity index (χ2n) is 7.35. The van der Waals surface area contributed by atoms with Gasteiger partial charge in [0.1, 0.15) is 6.04 Å². The highest BCUT2D eigenvalue weighted by atomic mass is 16.2. The third kappa shape index (κ3) is 2.83. The average molecular weight is 375 g/mol. The lowest BCUT2D eigenvalue weighted by molar-refractivity contribution is -0.119. The Morgan fingerprint density at radius 3 is 2.57 bits per heavy atom. The highest BCUT2D eigenvalue weighted by Gasteiger charge is 2.31. The first-order valence-electron chi connectivity index (χ1n) is 9.73. The molecule has 1 fully saturated rings. The molecule has 2 aliphatic heterocycles. The Morgan fingerprint density at radius 2 is 1.79 bits per heavy atom. The Bertz CT molecular complexity index is 1070. The Morgan fingerprint density at radius 1 is 1.04 bits per heavy atom. The molecule has 1 N–H and O–H groups in total. The van der Waals surface area contributed by atoms with Crippen LogP contribution in [0.3, 0.4) is 0 Å². The number of hydrogen-bond acceptors (Lipinski definition) is 5. The van der Waals surface area contributed by atoms with Gasteiger partial charge in [0.15, 0.2) is 17.4 Å². The van der Waals surface area contributed by atoms with Gasteiger partial charge in [0.05, 0.1) is 16.7 Å². The molecule has 1 saturated heterocycles. The molecule has 0 saturated carbocycles. The van der Waals surface area contributed by atoms with Crippen molar-refractivity contribution in [2.45, 2.75) is 31.7 Å². The lowest BCUT2D eigenvalue weighted by Crippen LogP contribution is -2.32. The second-order valence-corrected chi connectivity index (χ2v) is 7.35. The molecule has 1 atom stereocenters. The monoisotopic (exact) mass is 375 g/mol. The lowest BCUT2D eigenvalue weighted by Gasteiger charge is -2.25. The third-order valence-electron chi connectivity index (χ3n) is 5.55. The highest BCUT2D eigenvalue weighted by Crippen LogP contribution is 2.30. The first kappa shape index (κ1) is 16.9. The molecule has 4 heterocycles. The van der Waals surface area contributed by atoms with E-state index in [1.807, 2.05) is 30.3 Å². The SMILES string of the molecule is O=C1CCC(C(=O)Nc2nc3ccccc3nc2N2CCCC2)n2cccc21. The fourth-order valence-corrected chi connectivity index (χ4v) is 4.12. The van der Waals surface area contributed by atoms with Crippen molar-refractivity contribution >= 4 is 34.4 Å². The van der Waals surface area contributed by atoms with Gasteiger partial charge < -0.3 is 14.8 Å². The number of para-hydroxylation sites is 2. The quantitative estimate of drug-likeness (QED) is 0.760. The fraction of sp³-hybridized carbons (Fsp3) is 0.333. The molecule has 0 radical (unpaired) electrons. The maximum absolute atomic E-state index is 13.1. The number of rotatable bonds is 3. The van der Waals surface area contributed by atoms with Gasteiger partial charge in [0.25, 0.3) is 0 Å². The zero-order valence-electron chi connectivity index (χ0n) is 15.5. The Balaban J connectivity index is 1.51. The number of nitrogens with one attached hydrogen (secondary N) is 1. The van der Waals surface area contributed by atoms with E-state index in [2.05, 4.69) is 10.2 Å². The van der Waals surface area contributed by atoms with Crippen LogP contribution in [0.1, 0.15) is 42.2 Å². The van der Waals surface area contributed by atoms with E-state index < -0.39 is 6.04 Å². The van der Waals surface area contributed by atoms with Crippen LogP contribution < -0.4 is 10.2 Å². The number of amides is 1. The van der Waals surface area contributed by atoms with Crippen LogP contribution in [-0.4, -0.2) is 39.3 Å². The number of Topliss-reactive ketones (excluding diaryl/α,β-unsaturated/α-hetero) is 1. The smallest absolute Gasteiger partial charge is 0.248 e. The molecule has 142 valence electrons. The van der Waals surface area contributed by atoms with E-state index >= 15 is 0 Å². The van der Waals surface area contributed by atoms with Crippen molar-refractivity contribution in [2.75, 3.05) is 23.3 Å². The largest absolute Gasteiger partial charge is 0.354 e. The van der Waals surface area contributed by atoms with E-state index in [4.69, 9.17) is 9.97 Å². The molecule has 2 aliphatic rings. The predicted octanol–water partition coefficient (Wildman–Crippen LogP) is 3.19. The Hall–Kier alpha value is -3.22. The van der Waals surface area contributed by atoms with Crippen molar-refractivity contribution in [1.29, 1.82) is 0 Å².